The molecule has 0 spiro atoms. The van der Waals surface area contributed by atoms with Gasteiger partial charge in [-0.1, -0.05) is 0 Å². The highest BCUT2D eigenvalue weighted by Gasteiger charge is 2.35. The first kappa shape index (κ1) is 12.4. The van der Waals surface area contributed by atoms with Gasteiger partial charge in [0.25, 0.3) is 0 Å². The molecule has 7 heteroatoms. The minimum atomic E-state index is -1.15. The smallest absolute Gasteiger partial charge is 0.332 e. The Bertz CT molecular complexity index is 315. The Balaban J connectivity index is 2.45. The zero-order chi connectivity index (χ0) is 12.3. The number of hydrogen-bond acceptors (Lipinski definition) is 4. The Kier molecular flexibility index (Phi) is 3.83. The molecule has 0 aromatic heterocycles. The van der Waals surface area contributed by atoms with E-state index in [2.05, 4.69) is 5.32 Å². The van der Waals surface area contributed by atoms with Gasteiger partial charge in [0, 0.05) is 0 Å². The van der Waals surface area contributed by atoms with Crippen molar-refractivity contribution in [1.82, 2.24) is 5.32 Å². The van der Waals surface area contributed by atoms with Crippen LogP contribution in [0.2, 0.25) is 0 Å². The molecular weight excluding hydrogens is 218 g/mol. The summed E-state index contributed by atoms with van der Waals surface area (Å²) in [6.45, 7) is 1.32. The van der Waals surface area contributed by atoms with Crippen LogP contribution < -0.4 is 5.32 Å². The van der Waals surface area contributed by atoms with Crippen LogP contribution >= 0.6 is 0 Å². The lowest BCUT2D eigenvalue weighted by molar-refractivity contribution is -0.153. The van der Waals surface area contributed by atoms with Crippen LogP contribution in [0.3, 0.4) is 0 Å². The fraction of sp³-hybridized carbons (Fsp3) is 0.667. The first-order valence-electron chi connectivity index (χ1n) is 4.83. The summed E-state index contributed by atoms with van der Waals surface area (Å²) in [6, 6.07) is -1.01. The topological polar surface area (TPSA) is 113 Å². The zero-order valence-electron chi connectivity index (χ0n) is 8.67. The number of amides is 1. The van der Waals surface area contributed by atoms with Crippen molar-refractivity contribution < 1.29 is 29.3 Å². The summed E-state index contributed by atoms with van der Waals surface area (Å²) in [4.78, 5) is 32.5. The van der Waals surface area contributed by atoms with E-state index in [-0.39, 0.29) is 12.8 Å². The molecule has 0 saturated carbocycles. The number of carbonyl (C=O) groups is 3. The predicted molar refractivity (Wildman–Crippen MR) is 50.8 cm³/mol. The predicted octanol–water partition coefficient (Wildman–Crippen LogP) is -0.792. The lowest BCUT2D eigenvalue weighted by atomic mass is 10.2. The van der Waals surface area contributed by atoms with Crippen LogP contribution in [-0.4, -0.2) is 46.3 Å². The highest BCUT2D eigenvalue weighted by Crippen LogP contribution is 2.19. The molecule has 1 saturated heterocycles. The summed E-state index contributed by atoms with van der Waals surface area (Å²) >= 11 is 0. The van der Waals surface area contributed by atoms with Crippen LogP contribution in [0.1, 0.15) is 19.8 Å². The van der Waals surface area contributed by atoms with Gasteiger partial charge in [0.05, 0.1) is 0 Å². The third-order valence-electron chi connectivity index (χ3n) is 2.32. The number of nitrogens with one attached hydrogen (secondary N) is 1. The van der Waals surface area contributed by atoms with Crippen molar-refractivity contribution >= 4 is 17.8 Å². The lowest BCUT2D eigenvalue weighted by Crippen LogP contribution is -2.44. The molecule has 7 nitrogen and oxygen atoms in total. The first-order valence-corrected chi connectivity index (χ1v) is 4.83. The maximum absolute atomic E-state index is 11.4. The number of ether oxygens (including phenoxy) is 1. The maximum atomic E-state index is 11.4. The second kappa shape index (κ2) is 4.93. The molecule has 3 atom stereocenters. The van der Waals surface area contributed by atoms with E-state index < -0.39 is 36.1 Å². The molecule has 0 aromatic rings. The van der Waals surface area contributed by atoms with Crippen LogP contribution in [0.4, 0.5) is 0 Å². The third-order valence-corrected chi connectivity index (χ3v) is 2.32. The normalized spacial score (nSPS) is 26.1. The molecule has 16 heavy (non-hydrogen) atoms. The van der Waals surface area contributed by atoms with Gasteiger partial charge in [0.1, 0.15) is 12.1 Å². The van der Waals surface area contributed by atoms with E-state index in [0.29, 0.717) is 0 Å². The fourth-order valence-corrected chi connectivity index (χ4v) is 1.38. The highest BCUT2D eigenvalue weighted by atomic mass is 16.5. The molecule has 1 amide bonds. The molecule has 0 radical (unpaired) electrons. The fourth-order valence-electron chi connectivity index (χ4n) is 1.38. The molecule has 3 N–H and O–H groups in total. The number of aliphatic carboxylic acids is 2. The van der Waals surface area contributed by atoms with Gasteiger partial charge in [-0.05, 0) is 19.8 Å². The van der Waals surface area contributed by atoms with Crippen molar-refractivity contribution in [2.45, 2.75) is 38.0 Å². The monoisotopic (exact) mass is 231 g/mol. The van der Waals surface area contributed by atoms with E-state index in [1.54, 1.807) is 0 Å². The van der Waals surface area contributed by atoms with E-state index in [9.17, 15) is 14.4 Å². The largest absolute Gasteiger partial charge is 0.480 e. The molecule has 1 heterocycles. The summed E-state index contributed by atoms with van der Waals surface area (Å²) in [5.41, 5.74) is 0. The number of carboxylic acids is 2. The Morgan fingerprint density at radius 2 is 1.81 bits per heavy atom. The maximum Gasteiger partial charge on any atom is 0.332 e. The van der Waals surface area contributed by atoms with E-state index in [4.69, 9.17) is 14.9 Å². The molecule has 0 unspecified atom stereocenters. The van der Waals surface area contributed by atoms with Gasteiger partial charge in [-0.3, -0.25) is 9.59 Å². The van der Waals surface area contributed by atoms with Crippen molar-refractivity contribution in [3.8, 4) is 0 Å². The second-order valence-electron chi connectivity index (χ2n) is 3.60. The van der Waals surface area contributed by atoms with Crippen LogP contribution in [0, 0.1) is 0 Å². The minimum Gasteiger partial charge on any atom is -0.480 e. The van der Waals surface area contributed by atoms with Crippen LogP contribution in [0.25, 0.3) is 0 Å². The average molecular weight is 231 g/mol. The van der Waals surface area contributed by atoms with Crippen molar-refractivity contribution in [3.05, 3.63) is 0 Å². The van der Waals surface area contributed by atoms with Crippen LogP contribution in [-0.2, 0) is 19.1 Å². The second-order valence-corrected chi connectivity index (χ2v) is 3.60. The Labute approximate surface area is 91.4 Å². The SMILES string of the molecule is C[C@@H](NC(=O)[C@@H]1CC[C@H](C(=O)O)O1)C(=O)O. The van der Waals surface area contributed by atoms with E-state index in [1.807, 2.05) is 0 Å². The molecule has 1 aliphatic heterocycles. The lowest BCUT2D eigenvalue weighted by Gasteiger charge is -2.14. The van der Waals surface area contributed by atoms with Crippen molar-refractivity contribution in [2.24, 2.45) is 0 Å². The van der Waals surface area contributed by atoms with Gasteiger partial charge in [-0.15, -0.1) is 0 Å². The highest BCUT2D eigenvalue weighted by molar-refractivity contribution is 5.86. The Hall–Kier alpha value is -1.63. The number of carbonyl (C=O) groups excluding carboxylic acids is 1. The summed E-state index contributed by atoms with van der Waals surface area (Å²) in [5.74, 6) is -2.85. The van der Waals surface area contributed by atoms with Gasteiger partial charge in [0.2, 0.25) is 5.91 Å². The molecule has 0 aliphatic carbocycles. The summed E-state index contributed by atoms with van der Waals surface area (Å²) in [5, 5.41) is 19.4. The summed E-state index contributed by atoms with van der Waals surface area (Å²) in [7, 11) is 0. The first-order chi connectivity index (χ1) is 7.41. The van der Waals surface area contributed by atoms with Crippen molar-refractivity contribution in [2.75, 3.05) is 0 Å². The van der Waals surface area contributed by atoms with Crippen LogP contribution in [0.5, 0.6) is 0 Å². The van der Waals surface area contributed by atoms with Crippen LogP contribution in [0.15, 0.2) is 0 Å². The van der Waals surface area contributed by atoms with Crippen molar-refractivity contribution in [1.29, 1.82) is 0 Å². The van der Waals surface area contributed by atoms with E-state index >= 15 is 0 Å². The third kappa shape index (κ3) is 2.93. The standard InChI is InChI=1S/C9H13NO6/c1-4(8(12)13)10-7(11)5-2-3-6(16-5)9(14)15/h4-6H,2-3H2,1H3,(H,10,11)(H,12,13)(H,14,15)/t4-,5+,6-/m1/s1. The summed E-state index contributed by atoms with van der Waals surface area (Å²) < 4.78 is 4.96. The molecule has 1 fully saturated rings. The van der Waals surface area contributed by atoms with E-state index in [0.717, 1.165) is 0 Å². The quantitative estimate of drug-likeness (QED) is 0.584. The zero-order valence-corrected chi connectivity index (χ0v) is 8.67. The summed E-state index contributed by atoms with van der Waals surface area (Å²) in [6.07, 6.45) is -1.30. The number of hydrogen-bond donors (Lipinski definition) is 3. The molecular formula is C9H13NO6. The van der Waals surface area contributed by atoms with E-state index in [1.165, 1.54) is 6.92 Å². The molecule has 1 aliphatic rings. The van der Waals surface area contributed by atoms with Crippen molar-refractivity contribution in [3.63, 3.8) is 0 Å². The Morgan fingerprint density at radius 3 is 2.25 bits per heavy atom. The number of carboxylic acid groups (broad SMARTS) is 2. The van der Waals surface area contributed by atoms with Gasteiger partial charge in [-0.25, -0.2) is 4.79 Å². The minimum absolute atomic E-state index is 0.259. The Morgan fingerprint density at radius 1 is 1.25 bits per heavy atom. The molecule has 90 valence electrons. The number of rotatable bonds is 4. The average Bonchev–Trinajstić information content (AvgIpc) is 2.65. The van der Waals surface area contributed by atoms with Gasteiger partial charge >= 0.3 is 11.9 Å². The molecule has 1 rings (SSSR count). The molecule has 0 aromatic carbocycles. The molecule has 0 bridgehead atoms. The van der Waals surface area contributed by atoms with Gasteiger partial charge < -0.3 is 20.3 Å². The van der Waals surface area contributed by atoms with Gasteiger partial charge in [-0.2, -0.15) is 0 Å². The van der Waals surface area contributed by atoms with Gasteiger partial charge in [0.15, 0.2) is 6.10 Å².